The molecule has 6 aromatic rings. The second-order valence-corrected chi connectivity index (χ2v) is 22.3. The van der Waals surface area contributed by atoms with E-state index in [1.165, 1.54) is 12.7 Å². The molecule has 2 aliphatic carbocycles. The fraction of sp³-hybridized carbons (Fsp3) is 0.304. The Kier molecular flexibility index (Phi) is 12.6. The van der Waals surface area contributed by atoms with Gasteiger partial charge < -0.3 is 14.2 Å². The molecule has 12 heteroatoms. The lowest BCUT2D eigenvalue weighted by molar-refractivity contribution is -0.126. The number of aryl methyl sites for hydroxylation is 3. The van der Waals surface area contributed by atoms with Crippen LogP contribution >= 0.6 is 0 Å². The predicted molar refractivity (Wildman–Crippen MR) is 264 cm³/mol. The SMILES string of the molecule is COC1=C2C(C3C(=O)C1C(c1ccc(C)cc1)C3C)[C@@H](C)[C@H](c1ccc(C)cc1)N2S(=O)(=O)c1ccccc1.COc1cc2c(cc1NS(=O)(=O)c1ccccc1)[C@H](C)[C@@H](c1ccc(C)cc1)O2. The molecule has 0 aromatic heterocycles. The minimum Gasteiger partial charge on any atom is -0.498 e. The van der Waals surface area contributed by atoms with Crippen molar-refractivity contribution < 1.29 is 35.8 Å². The zero-order valence-electron chi connectivity index (χ0n) is 39.6. The summed E-state index contributed by atoms with van der Waals surface area (Å²) in [5.74, 6) is 0.668. The largest absolute Gasteiger partial charge is 0.498 e. The molecule has 2 bridgehead atoms. The van der Waals surface area contributed by atoms with Gasteiger partial charge in [0.2, 0.25) is 0 Å². The minimum atomic E-state index is -3.95. The van der Waals surface area contributed by atoms with Crippen molar-refractivity contribution in [3.05, 3.63) is 196 Å². The summed E-state index contributed by atoms with van der Waals surface area (Å²) in [5, 5.41) is 0. The highest BCUT2D eigenvalue weighted by molar-refractivity contribution is 7.92. The van der Waals surface area contributed by atoms with Crippen LogP contribution in [0.15, 0.2) is 167 Å². The van der Waals surface area contributed by atoms with Crippen molar-refractivity contribution in [1.82, 2.24) is 4.31 Å². The molecule has 6 aromatic carbocycles. The van der Waals surface area contributed by atoms with Crippen molar-refractivity contribution in [2.24, 2.45) is 29.6 Å². The number of hydrogen-bond acceptors (Lipinski definition) is 8. The lowest BCUT2D eigenvalue weighted by atomic mass is 9.72. The number of carbonyl (C=O) groups excluding carboxylic acids is 1. The Labute approximate surface area is 401 Å². The van der Waals surface area contributed by atoms with E-state index in [0.29, 0.717) is 28.6 Å². The number of anilines is 1. The van der Waals surface area contributed by atoms with Gasteiger partial charge in [-0.1, -0.05) is 147 Å². The van der Waals surface area contributed by atoms with Gasteiger partial charge in [-0.05, 0) is 79.6 Å². The molecule has 1 saturated heterocycles. The van der Waals surface area contributed by atoms with Crippen LogP contribution in [-0.2, 0) is 29.6 Å². The van der Waals surface area contributed by atoms with E-state index in [9.17, 15) is 21.6 Å². The summed E-state index contributed by atoms with van der Waals surface area (Å²) < 4.78 is 76.5. The maximum Gasteiger partial charge on any atom is 0.264 e. The Balaban J connectivity index is 0.000000178. The van der Waals surface area contributed by atoms with Gasteiger partial charge >= 0.3 is 0 Å². The average Bonchev–Trinajstić information content (AvgIpc) is 3.89. The van der Waals surface area contributed by atoms with Gasteiger partial charge in [0.15, 0.2) is 0 Å². The summed E-state index contributed by atoms with van der Waals surface area (Å²) in [6.45, 7) is 12.5. The number of hydrogen-bond donors (Lipinski definition) is 1. The third-order valence-electron chi connectivity index (χ3n) is 14.6. The van der Waals surface area contributed by atoms with Crippen molar-refractivity contribution in [1.29, 1.82) is 0 Å². The molecular weight excluding hydrogens is 893 g/mol. The second-order valence-electron chi connectivity index (χ2n) is 18.8. The maximum absolute atomic E-state index is 14.5. The molecule has 352 valence electrons. The number of carbonyl (C=O) groups is 1. The van der Waals surface area contributed by atoms with Crippen LogP contribution in [-0.4, -0.2) is 41.1 Å². The van der Waals surface area contributed by atoms with Crippen molar-refractivity contribution in [3.63, 3.8) is 0 Å². The molecule has 0 amide bonds. The average molecular weight is 951 g/mol. The third-order valence-corrected chi connectivity index (χ3v) is 17.7. The summed E-state index contributed by atoms with van der Waals surface area (Å²) in [5.41, 5.74) is 8.59. The van der Waals surface area contributed by atoms with E-state index in [-0.39, 0.29) is 57.2 Å². The molecule has 2 heterocycles. The van der Waals surface area contributed by atoms with Gasteiger partial charge in [-0.25, -0.2) is 16.8 Å². The second kappa shape index (κ2) is 18.3. The maximum atomic E-state index is 14.5. The number of ether oxygens (including phenoxy) is 3. The van der Waals surface area contributed by atoms with Crippen LogP contribution in [0.4, 0.5) is 5.69 Å². The normalized spacial score (nSPS) is 24.9. The van der Waals surface area contributed by atoms with E-state index < -0.39 is 32.0 Å². The monoisotopic (exact) mass is 950 g/mol. The fourth-order valence-electron chi connectivity index (χ4n) is 11.2. The Bertz CT molecular complexity index is 3090. The first kappa shape index (κ1) is 46.7. The van der Waals surface area contributed by atoms with Gasteiger partial charge in [0.05, 0.1) is 47.4 Å². The van der Waals surface area contributed by atoms with Crippen molar-refractivity contribution in [3.8, 4) is 11.5 Å². The molecule has 0 radical (unpaired) electrons. The van der Waals surface area contributed by atoms with Gasteiger partial charge in [-0.3, -0.25) is 13.8 Å². The van der Waals surface area contributed by atoms with Crippen molar-refractivity contribution in [2.45, 2.75) is 75.3 Å². The minimum absolute atomic E-state index is 0.0401. The van der Waals surface area contributed by atoms with E-state index >= 15 is 0 Å². The number of Topliss-reactive ketones (excluding diaryl/α,β-unsaturated/α-hetero) is 1. The number of benzene rings is 6. The first-order valence-electron chi connectivity index (χ1n) is 23.1. The van der Waals surface area contributed by atoms with E-state index in [4.69, 9.17) is 14.2 Å². The van der Waals surface area contributed by atoms with Crippen LogP contribution in [0.3, 0.4) is 0 Å². The molecule has 2 aliphatic heterocycles. The van der Waals surface area contributed by atoms with Gasteiger partial charge in [0.1, 0.15) is 29.1 Å². The molecule has 4 aliphatic rings. The number of fused-ring (bicyclic) bond motifs is 5. The van der Waals surface area contributed by atoms with E-state index in [0.717, 1.165) is 33.4 Å². The molecule has 0 spiro atoms. The summed E-state index contributed by atoms with van der Waals surface area (Å²) in [6.07, 6.45) is -0.128. The summed E-state index contributed by atoms with van der Waals surface area (Å²) in [4.78, 5) is 14.6. The highest BCUT2D eigenvalue weighted by atomic mass is 32.2. The molecule has 5 unspecified atom stereocenters. The lowest BCUT2D eigenvalue weighted by Gasteiger charge is -2.33. The van der Waals surface area contributed by atoms with Crippen LogP contribution in [0.2, 0.25) is 0 Å². The van der Waals surface area contributed by atoms with Crippen LogP contribution in [0.25, 0.3) is 0 Å². The van der Waals surface area contributed by atoms with Crippen LogP contribution in [0.5, 0.6) is 11.5 Å². The van der Waals surface area contributed by atoms with Gasteiger partial charge in [-0.2, -0.15) is 0 Å². The summed E-state index contributed by atoms with van der Waals surface area (Å²) in [6, 6.07) is 44.7. The third kappa shape index (κ3) is 8.15. The Hall–Kier alpha value is -6.37. The number of nitrogens with zero attached hydrogens (tertiary/aromatic N) is 1. The summed E-state index contributed by atoms with van der Waals surface area (Å²) >= 11 is 0. The highest BCUT2D eigenvalue weighted by Gasteiger charge is 2.65. The van der Waals surface area contributed by atoms with E-state index in [2.05, 4.69) is 80.9 Å². The van der Waals surface area contributed by atoms with Crippen LogP contribution in [0.1, 0.15) is 83.7 Å². The molecular formula is C56H58N2O8S2. The number of nitrogens with one attached hydrogen (secondary N) is 1. The number of rotatable bonds is 10. The number of sulfonamides is 2. The molecule has 10 nitrogen and oxygen atoms in total. The van der Waals surface area contributed by atoms with Crippen molar-refractivity contribution in [2.75, 3.05) is 18.9 Å². The van der Waals surface area contributed by atoms with E-state index in [1.807, 2.05) is 50.2 Å². The summed E-state index contributed by atoms with van der Waals surface area (Å²) in [7, 11) is -4.58. The lowest BCUT2D eigenvalue weighted by Crippen LogP contribution is -2.37. The topological polar surface area (TPSA) is 128 Å². The van der Waals surface area contributed by atoms with Gasteiger partial charge in [-0.15, -0.1) is 0 Å². The van der Waals surface area contributed by atoms with Gasteiger partial charge in [0.25, 0.3) is 20.0 Å². The molecule has 9 atom stereocenters. The number of methoxy groups -OCH3 is 2. The first-order valence-corrected chi connectivity index (χ1v) is 26.1. The first-order chi connectivity index (χ1) is 32.5. The molecule has 68 heavy (non-hydrogen) atoms. The zero-order valence-corrected chi connectivity index (χ0v) is 41.2. The standard InChI is InChI=1S/C33H35NO4S.C23H23NO4S/c1-19-11-15-23(16-12-19)26-21(3)28-27-22(4)30(24-17-13-20(2)14-18-24)34(31(27)33(38-5)29(26)32(28)35)39(36,37)25-9-7-6-8-10-25;1-15-9-11-17(12-10-15)23-16(2)19-13-20(22(27-3)14-21(19)28-23)24-29(25,26)18-7-5-4-6-8-18/h6-18,21-22,26-30H,1-5H3;4-14,16,23-24H,1-3H3/t21?,22-,26?,27?,28?,29?,30-;16-,23-/m10/s1. The Morgan fingerprint density at radius 2 is 1.12 bits per heavy atom. The smallest absolute Gasteiger partial charge is 0.264 e. The number of allylic oxidation sites excluding steroid dienone is 2. The molecule has 10 rings (SSSR count). The van der Waals surface area contributed by atoms with E-state index in [1.54, 1.807) is 72.1 Å². The molecule has 1 N–H and O–H groups in total. The van der Waals surface area contributed by atoms with Gasteiger partial charge in [0, 0.05) is 35.3 Å². The van der Waals surface area contributed by atoms with Crippen molar-refractivity contribution >= 4 is 31.5 Å². The quantitative estimate of drug-likeness (QED) is 0.144. The molecule has 1 saturated carbocycles. The highest BCUT2D eigenvalue weighted by Crippen LogP contribution is 2.64. The molecule has 2 fully saturated rings. The zero-order chi connectivity index (χ0) is 48.2. The Morgan fingerprint density at radius 3 is 1.66 bits per heavy atom. The Morgan fingerprint density at radius 1 is 0.588 bits per heavy atom. The predicted octanol–water partition coefficient (Wildman–Crippen LogP) is 11.4. The van der Waals surface area contributed by atoms with Crippen LogP contribution in [0, 0.1) is 50.4 Å². The fourth-order valence-corrected chi connectivity index (χ4v) is 14.1. The van der Waals surface area contributed by atoms with Crippen LogP contribution < -0.4 is 14.2 Å². The number of ketones is 1.